The van der Waals surface area contributed by atoms with E-state index in [2.05, 4.69) is 5.32 Å². The van der Waals surface area contributed by atoms with Gasteiger partial charge in [0.15, 0.2) is 11.6 Å². The zero-order valence-corrected chi connectivity index (χ0v) is 20.2. The smallest absolute Gasteiger partial charge is 0.270 e. The Kier molecular flexibility index (Phi) is 7.15. The fourth-order valence-corrected chi connectivity index (χ4v) is 4.07. The molecule has 7 heteroatoms. The summed E-state index contributed by atoms with van der Waals surface area (Å²) < 4.78 is 26.9. The number of hydrogen-bond donors (Lipinski definition) is 1. The first kappa shape index (κ1) is 24.0. The van der Waals surface area contributed by atoms with Crippen LogP contribution in [0, 0.1) is 5.82 Å². The van der Waals surface area contributed by atoms with Crippen molar-refractivity contribution in [2.75, 3.05) is 14.2 Å². The first-order valence-corrected chi connectivity index (χ1v) is 11.4. The third-order valence-corrected chi connectivity index (χ3v) is 5.90. The van der Waals surface area contributed by atoms with Crippen LogP contribution in [0.25, 0.3) is 22.6 Å². The predicted octanol–water partition coefficient (Wildman–Crippen LogP) is 5.88. The zero-order chi connectivity index (χ0) is 24.9. The Labute approximate surface area is 204 Å². The van der Waals surface area contributed by atoms with Crippen LogP contribution in [-0.4, -0.2) is 29.7 Å². The molecule has 0 aliphatic heterocycles. The molecule has 0 fully saturated rings. The van der Waals surface area contributed by atoms with E-state index >= 15 is 0 Å². The number of amides is 1. The quantitative estimate of drug-likeness (QED) is 0.347. The molecule has 0 aliphatic rings. The number of nitrogens with one attached hydrogen (secondary N) is 1. The lowest BCUT2D eigenvalue weighted by Crippen LogP contribution is -2.29. The normalized spacial score (nSPS) is 11.7. The van der Waals surface area contributed by atoms with E-state index in [4.69, 9.17) is 14.5 Å². The van der Waals surface area contributed by atoms with Gasteiger partial charge in [0.05, 0.1) is 20.3 Å². The Morgan fingerprint density at radius 1 is 1.00 bits per heavy atom. The van der Waals surface area contributed by atoms with E-state index < -0.39 is 5.82 Å². The molecule has 1 amide bonds. The average molecular weight is 474 g/mol. The summed E-state index contributed by atoms with van der Waals surface area (Å²) in [4.78, 5) is 18.5. The maximum atomic E-state index is 14.6. The van der Waals surface area contributed by atoms with Crippen molar-refractivity contribution in [3.8, 4) is 34.1 Å². The van der Waals surface area contributed by atoms with Gasteiger partial charge in [-0.25, -0.2) is 9.37 Å². The van der Waals surface area contributed by atoms with Crippen molar-refractivity contribution in [3.63, 3.8) is 0 Å². The molecule has 6 nitrogen and oxygen atoms in total. The highest BCUT2D eigenvalue weighted by Crippen LogP contribution is 2.32. The Morgan fingerprint density at radius 2 is 1.77 bits per heavy atom. The largest absolute Gasteiger partial charge is 0.497 e. The maximum Gasteiger partial charge on any atom is 0.270 e. The minimum absolute atomic E-state index is 0.129. The number of halogens is 1. The topological polar surface area (TPSA) is 65.4 Å². The lowest BCUT2D eigenvalue weighted by Gasteiger charge is -2.17. The number of hydrogen-bond acceptors (Lipinski definition) is 4. The molecule has 1 heterocycles. The summed E-state index contributed by atoms with van der Waals surface area (Å²) in [6.07, 6.45) is 0. The van der Waals surface area contributed by atoms with Crippen molar-refractivity contribution >= 4 is 5.91 Å². The summed E-state index contributed by atoms with van der Waals surface area (Å²) in [6.45, 7) is 4.37. The van der Waals surface area contributed by atoms with E-state index in [1.54, 1.807) is 19.2 Å². The Hall–Kier alpha value is -4.13. The lowest BCUT2D eigenvalue weighted by molar-refractivity contribution is 0.0931. The van der Waals surface area contributed by atoms with Crippen LogP contribution in [0.3, 0.4) is 0 Å². The fraction of sp³-hybridized carbons (Fsp3) is 0.214. The minimum Gasteiger partial charge on any atom is -0.497 e. The van der Waals surface area contributed by atoms with E-state index in [9.17, 15) is 9.18 Å². The molecule has 1 N–H and O–H groups in total. The second-order valence-corrected chi connectivity index (χ2v) is 8.06. The van der Waals surface area contributed by atoms with E-state index in [0.29, 0.717) is 35.1 Å². The van der Waals surface area contributed by atoms with Gasteiger partial charge in [-0.05, 0) is 49.7 Å². The number of carbonyl (C=O) groups excluding carboxylic acids is 1. The Balaban J connectivity index is 1.81. The van der Waals surface area contributed by atoms with E-state index in [1.165, 1.54) is 13.2 Å². The Morgan fingerprint density at radius 3 is 2.43 bits per heavy atom. The van der Waals surface area contributed by atoms with Gasteiger partial charge in [-0.3, -0.25) is 4.79 Å². The monoisotopic (exact) mass is 473 g/mol. The number of aromatic nitrogens is 2. The second kappa shape index (κ2) is 10.4. The van der Waals surface area contributed by atoms with Crippen LogP contribution in [0.1, 0.15) is 35.9 Å². The van der Waals surface area contributed by atoms with E-state index in [-0.39, 0.29) is 17.7 Å². The molecule has 0 radical (unpaired) electrons. The first-order valence-electron chi connectivity index (χ1n) is 11.4. The second-order valence-electron chi connectivity index (χ2n) is 8.06. The van der Waals surface area contributed by atoms with Crippen LogP contribution in [-0.2, 0) is 6.54 Å². The molecule has 3 aromatic carbocycles. The maximum absolute atomic E-state index is 14.6. The van der Waals surface area contributed by atoms with Crippen molar-refractivity contribution in [2.24, 2.45) is 0 Å². The lowest BCUT2D eigenvalue weighted by atomic mass is 10.1. The highest BCUT2D eigenvalue weighted by atomic mass is 19.1. The number of carbonyl (C=O) groups is 1. The van der Waals surface area contributed by atoms with Gasteiger partial charge < -0.3 is 19.4 Å². The standard InChI is InChI=1S/C28H28FN3O3/c1-5-32-26(28(33)30-18(2)20-12-9-13-22(16-20)34-3)25(21-14-15-24(35-4)23(29)17-21)31-27(32)19-10-7-6-8-11-19/h6-18H,5H2,1-4H3,(H,30,33)/t18-/m0/s1. The number of rotatable bonds is 8. The Bertz CT molecular complexity index is 1330. The van der Waals surface area contributed by atoms with Gasteiger partial charge in [-0.1, -0.05) is 42.5 Å². The molecule has 1 aromatic heterocycles. The van der Waals surface area contributed by atoms with Gasteiger partial charge >= 0.3 is 0 Å². The molecular weight excluding hydrogens is 445 g/mol. The van der Waals surface area contributed by atoms with Crippen LogP contribution in [0.15, 0.2) is 72.8 Å². The molecule has 0 saturated carbocycles. The van der Waals surface area contributed by atoms with Crippen LogP contribution < -0.4 is 14.8 Å². The number of imidazole rings is 1. The SMILES string of the molecule is CCn1c(-c2ccccc2)nc(-c2ccc(OC)c(F)c2)c1C(=O)N[C@@H](C)c1cccc(OC)c1. The molecule has 0 spiro atoms. The number of ether oxygens (including phenoxy) is 2. The number of methoxy groups -OCH3 is 2. The van der Waals surface area contributed by atoms with Crippen molar-refractivity contribution in [1.29, 1.82) is 0 Å². The zero-order valence-electron chi connectivity index (χ0n) is 20.2. The van der Waals surface area contributed by atoms with Gasteiger partial charge in [0, 0.05) is 17.7 Å². The summed E-state index contributed by atoms with van der Waals surface area (Å²) in [5, 5.41) is 3.08. The summed E-state index contributed by atoms with van der Waals surface area (Å²) in [6, 6.07) is 21.5. The van der Waals surface area contributed by atoms with Crippen molar-refractivity contribution < 1.29 is 18.7 Å². The van der Waals surface area contributed by atoms with Crippen LogP contribution in [0.2, 0.25) is 0 Å². The highest BCUT2D eigenvalue weighted by Gasteiger charge is 2.26. The minimum atomic E-state index is -0.520. The van der Waals surface area contributed by atoms with E-state index in [0.717, 1.165) is 11.1 Å². The van der Waals surface area contributed by atoms with Crippen molar-refractivity contribution in [1.82, 2.24) is 14.9 Å². The molecule has 1 atom stereocenters. The van der Waals surface area contributed by atoms with Crippen LogP contribution in [0.4, 0.5) is 4.39 Å². The predicted molar refractivity (Wildman–Crippen MR) is 134 cm³/mol. The number of nitrogens with zero attached hydrogens (tertiary/aromatic N) is 2. The number of benzene rings is 3. The van der Waals surface area contributed by atoms with Crippen molar-refractivity contribution in [3.05, 3.63) is 89.9 Å². The van der Waals surface area contributed by atoms with Crippen LogP contribution in [0.5, 0.6) is 11.5 Å². The summed E-state index contributed by atoms with van der Waals surface area (Å²) in [5.41, 5.74) is 3.03. The molecule has 0 saturated heterocycles. The van der Waals surface area contributed by atoms with Crippen molar-refractivity contribution in [2.45, 2.75) is 26.4 Å². The summed E-state index contributed by atoms with van der Waals surface area (Å²) in [7, 11) is 3.02. The molecular formula is C28H28FN3O3. The molecule has 0 unspecified atom stereocenters. The third-order valence-electron chi connectivity index (χ3n) is 5.90. The average Bonchev–Trinajstić information content (AvgIpc) is 3.29. The first-order chi connectivity index (χ1) is 17.0. The molecule has 4 rings (SSSR count). The fourth-order valence-electron chi connectivity index (χ4n) is 4.07. The van der Waals surface area contributed by atoms with Gasteiger partial charge in [0.2, 0.25) is 0 Å². The third kappa shape index (κ3) is 4.89. The van der Waals surface area contributed by atoms with Gasteiger partial charge in [-0.15, -0.1) is 0 Å². The summed E-state index contributed by atoms with van der Waals surface area (Å²) >= 11 is 0. The molecule has 35 heavy (non-hydrogen) atoms. The molecule has 0 bridgehead atoms. The summed E-state index contributed by atoms with van der Waals surface area (Å²) in [5.74, 6) is 0.655. The molecule has 180 valence electrons. The molecule has 4 aromatic rings. The van der Waals surface area contributed by atoms with Gasteiger partial charge in [0.25, 0.3) is 5.91 Å². The van der Waals surface area contributed by atoms with Crippen LogP contribution >= 0.6 is 0 Å². The molecule has 0 aliphatic carbocycles. The van der Waals surface area contributed by atoms with Gasteiger partial charge in [0.1, 0.15) is 23.0 Å². The van der Waals surface area contributed by atoms with E-state index in [1.807, 2.05) is 73.0 Å². The van der Waals surface area contributed by atoms with Gasteiger partial charge in [-0.2, -0.15) is 0 Å². The highest BCUT2D eigenvalue weighted by molar-refractivity contribution is 5.99.